The Kier molecular flexibility index (Phi) is 4.95. The lowest BCUT2D eigenvalue weighted by molar-refractivity contribution is 0.0477. The Bertz CT molecular complexity index is 707. The van der Waals surface area contributed by atoms with Gasteiger partial charge in [-0.05, 0) is 77.0 Å². The fourth-order valence-corrected chi connectivity index (χ4v) is 3.79. The Balaban J connectivity index is 1.96. The van der Waals surface area contributed by atoms with Crippen molar-refractivity contribution in [2.24, 2.45) is 10.9 Å². The number of nitrogens with zero attached hydrogens (tertiary/aromatic N) is 4. The van der Waals surface area contributed by atoms with Crippen LogP contribution in [0.25, 0.3) is 0 Å². The van der Waals surface area contributed by atoms with Crippen LogP contribution in [0, 0.1) is 12.8 Å². The van der Waals surface area contributed by atoms with Gasteiger partial charge in [-0.2, -0.15) is 0 Å². The lowest BCUT2D eigenvalue weighted by Gasteiger charge is -2.31. The first-order chi connectivity index (χ1) is 12.0. The molecule has 1 saturated carbocycles. The number of hydrogen-bond acceptors (Lipinski definition) is 5. The first-order valence-electron chi connectivity index (χ1n) is 8.96. The summed E-state index contributed by atoms with van der Waals surface area (Å²) in [4.78, 5) is 12.3. The molecule has 1 unspecified atom stereocenters. The Hall–Kier alpha value is -2.14. The van der Waals surface area contributed by atoms with Crippen molar-refractivity contribution in [1.82, 2.24) is 9.88 Å². The average molecular weight is 340 g/mol. The molecule has 0 radical (unpaired) electrons. The molecule has 1 N–H and O–H groups in total. The molecule has 0 spiro atoms. The number of aliphatic hydroxyl groups excluding tert-OH is 1. The summed E-state index contributed by atoms with van der Waals surface area (Å²) in [5.74, 6) is 0.574. The van der Waals surface area contributed by atoms with Crippen molar-refractivity contribution in [3.05, 3.63) is 47.6 Å². The number of anilines is 1. The topological polar surface area (TPSA) is 52.0 Å². The molecule has 1 saturated heterocycles. The van der Waals surface area contributed by atoms with E-state index in [1.165, 1.54) is 18.4 Å². The molecule has 3 atom stereocenters. The van der Waals surface area contributed by atoms with Gasteiger partial charge in [0, 0.05) is 29.5 Å². The largest absolute Gasteiger partial charge is 0.356 e. The summed E-state index contributed by atoms with van der Waals surface area (Å²) in [5, 5.41) is 11.1. The minimum absolute atomic E-state index is 0.189. The van der Waals surface area contributed by atoms with Crippen LogP contribution in [0.1, 0.15) is 39.3 Å². The standard InChI is InChI=1S/C20H28N4O/c1-13-12-18(8-11-22-13)24-15(3)14(2)23(20(24)25)16(4)19(9-10-21-5)17-6-7-17/h8-12,14-15,17,20,25H,5-7H2,1-4H3/b10-9-,19-16-/t14-,15+,20?/m1/s1. The summed E-state index contributed by atoms with van der Waals surface area (Å²) in [6.07, 6.45) is 7.31. The highest BCUT2D eigenvalue weighted by atomic mass is 16.3. The van der Waals surface area contributed by atoms with E-state index in [-0.39, 0.29) is 12.1 Å². The summed E-state index contributed by atoms with van der Waals surface area (Å²) in [7, 11) is 0. The van der Waals surface area contributed by atoms with Gasteiger partial charge in [0.1, 0.15) is 0 Å². The van der Waals surface area contributed by atoms with Crippen LogP contribution in [-0.4, -0.2) is 40.1 Å². The molecule has 0 bridgehead atoms. The van der Waals surface area contributed by atoms with Crippen LogP contribution in [0.3, 0.4) is 0 Å². The molecule has 1 aromatic heterocycles. The van der Waals surface area contributed by atoms with E-state index in [4.69, 9.17) is 0 Å². The van der Waals surface area contributed by atoms with Gasteiger partial charge in [-0.3, -0.25) is 9.98 Å². The Morgan fingerprint density at radius 1 is 1.36 bits per heavy atom. The molecule has 5 heteroatoms. The summed E-state index contributed by atoms with van der Waals surface area (Å²) in [5.41, 5.74) is 4.35. The summed E-state index contributed by atoms with van der Waals surface area (Å²) < 4.78 is 0. The van der Waals surface area contributed by atoms with E-state index < -0.39 is 6.35 Å². The number of aromatic nitrogens is 1. The average Bonchev–Trinajstić information content (AvgIpc) is 3.37. The third kappa shape index (κ3) is 3.33. The summed E-state index contributed by atoms with van der Waals surface area (Å²) in [6.45, 7) is 11.9. The van der Waals surface area contributed by atoms with Crippen molar-refractivity contribution in [3.8, 4) is 0 Å². The van der Waals surface area contributed by atoms with Gasteiger partial charge in [0.2, 0.25) is 6.35 Å². The molecule has 2 heterocycles. The normalized spacial score (nSPS) is 27.8. The number of hydrogen-bond donors (Lipinski definition) is 1. The summed E-state index contributed by atoms with van der Waals surface area (Å²) in [6, 6.07) is 4.37. The van der Waals surface area contributed by atoms with E-state index in [0.717, 1.165) is 17.1 Å². The SMILES string of the molecule is C=N/C=C\C(=C(/C)N1C(O)N(c2ccnc(C)c2)[C@@H](C)[C@H]1C)C1CC1. The Morgan fingerprint density at radius 3 is 2.68 bits per heavy atom. The maximum absolute atomic E-state index is 11.1. The van der Waals surface area contributed by atoms with Gasteiger partial charge >= 0.3 is 0 Å². The highest BCUT2D eigenvalue weighted by Crippen LogP contribution is 2.42. The monoisotopic (exact) mass is 340 g/mol. The fraction of sp³-hybridized carbons (Fsp3) is 0.500. The summed E-state index contributed by atoms with van der Waals surface area (Å²) >= 11 is 0. The zero-order valence-electron chi connectivity index (χ0n) is 15.6. The Labute approximate surface area is 150 Å². The van der Waals surface area contributed by atoms with Gasteiger partial charge in [0.05, 0.1) is 12.1 Å². The molecule has 0 aromatic carbocycles. The molecule has 1 aromatic rings. The predicted octanol–water partition coefficient (Wildman–Crippen LogP) is 3.46. The lowest BCUT2D eigenvalue weighted by atomic mass is 10.1. The van der Waals surface area contributed by atoms with Crippen molar-refractivity contribution >= 4 is 12.4 Å². The van der Waals surface area contributed by atoms with Crippen LogP contribution in [0.15, 0.2) is 46.9 Å². The molecule has 5 nitrogen and oxygen atoms in total. The minimum Gasteiger partial charge on any atom is -0.356 e. The molecule has 1 aliphatic heterocycles. The Morgan fingerprint density at radius 2 is 2.08 bits per heavy atom. The van der Waals surface area contributed by atoms with Gasteiger partial charge in [0.25, 0.3) is 0 Å². The van der Waals surface area contributed by atoms with Crippen LogP contribution in [0.4, 0.5) is 5.69 Å². The van der Waals surface area contributed by atoms with Gasteiger partial charge in [-0.25, -0.2) is 0 Å². The van der Waals surface area contributed by atoms with Gasteiger partial charge in [-0.1, -0.05) is 0 Å². The highest BCUT2D eigenvalue weighted by Gasteiger charge is 2.43. The molecular weight excluding hydrogens is 312 g/mol. The van der Waals surface area contributed by atoms with Crippen LogP contribution < -0.4 is 4.90 Å². The number of rotatable bonds is 5. The maximum Gasteiger partial charge on any atom is 0.208 e. The van der Waals surface area contributed by atoms with Crippen molar-refractivity contribution < 1.29 is 5.11 Å². The highest BCUT2D eigenvalue weighted by molar-refractivity contribution is 5.50. The van der Waals surface area contributed by atoms with Crippen LogP contribution in [-0.2, 0) is 0 Å². The van der Waals surface area contributed by atoms with E-state index in [0.29, 0.717) is 5.92 Å². The number of pyridine rings is 1. The van der Waals surface area contributed by atoms with E-state index >= 15 is 0 Å². The first kappa shape index (κ1) is 17.7. The van der Waals surface area contributed by atoms with E-state index in [1.807, 2.05) is 25.1 Å². The number of aryl methyl sites for hydroxylation is 1. The number of aliphatic hydroxyl groups is 1. The number of aliphatic imine (C=N–C) groups is 1. The zero-order chi connectivity index (χ0) is 18.1. The van der Waals surface area contributed by atoms with E-state index in [9.17, 15) is 5.11 Å². The molecule has 3 rings (SSSR count). The van der Waals surface area contributed by atoms with Crippen molar-refractivity contribution in [2.75, 3.05) is 4.90 Å². The smallest absolute Gasteiger partial charge is 0.208 e. The molecule has 2 aliphatic rings. The number of allylic oxidation sites excluding steroid dienone is 3. The minimum atomic E-state index is -0.689. The van der Waals surface area contributed by atoms with Crippen molar-refractivity contribution in [1.29, 1.82) is 0 Å². The lowest BCUT2D eigenvalue weighted by Crippen LogP contribution is -2.40. The zero-order valence-corrected chi connectivity index (χ0v) is 15.6. The third-order valence-electron chi connectivity index (χ3n) is 5.43. The van der Waals surface area contributed by atoms with Crippen LogP contribution >= 0.6 is 0 Å². The molecular formula is C20H28N4O. The van der Waals surface area contributed by atoms with Crippen LogP contribution in [0.5, 0.6) is 0 Å². The van der Waals surface area contributed by atoms with Gasteiger partial charge < -0.3 is 14.9 Å². The molecule has 25 heavy (non-hydrogen) atoms. The second-order valence-electron chi connectivity index (χ2n) is 7.11. The molecule has 1 aliphatic carbocycles. The second kappa shape index (κ2) is 7.00. The van der Waals surface area contributed by atoms with E-state index in [1.54, 1.807) is 12.4 Å². The second-order valence-corrected chi connectivity index (χ2v) is 7.11. The maximum atomic E-state index is 11.1. The predicted molar refractivity (Wildman–Crippen MR) is 102 cm³/mol. The van der Waals surface area contributed by atoms with Crippen LogP contribution in [0.2, 0.25) is 0 Å². The molecule has 134 valence electrons. The van der Waals surface area contributed by atoms with Crippen molar-refractivity contribution in [2.45, 2.75) is 59.0 Å². The van der Waals surface area contributed by atoms with Gasteiger partial charge in [-0.15, -0.1) is 0 Å². The molecule has 0 amide bonds. The fourth-order valence-electron chi connectivity index (χ4n) is 3.79. The van der Waals surface area contributed by atoms with Crippen molar-refractivity contribution in [3.63, 3.8) is 0 Å². The first-order valence-corrected chi connectivity index (χ1v) is 8.96. The third-order valence-corrected chi connectivity index (χ3v) is 5.43. The van der Waals surface area contributed by atoms with Gasteiger partial charge in [0.15, 0.2) is 0 Å². The molecule has 2 fully saturated rings. The quantitative estimate of drug-likeness (QED) is 0.659. The van der Waals surface area contributed by atoms with E-state index in [2.05, 4.69) is 47.3 Å².